The summed E-state index contributed by atoms with van der Waals surface area (Å²) < 4.78 is 5.15. The quantitative estimate of drug-likeness (QED) is 0.687. The van der Waals surface area contributed by atoms with Gasteiger partial charge in [0.2, 0.25) is 0 Å². The SMILES string of the molecule is COC[C@@H]1CN(C(C)(C)C)CCN1. The average molecular weight is 186 g/mol. The Kier molecular flexibility index (Phi) is 3.71. The maximum atomic E-state index is 5.15. The third-order valence-electron chi connectivity index (χ3n) is 2.57. The second kappa shape index (κ2) is 4.40. The lowest BCUT2D eigenvalue weighted by Crippen LogP contribution is -2.57. The number of nitrogens with one attached hydrogen (secondary N) is 1. The summed E-state index contributed by atoms with van der Waals surface area (Å²) in [5, 5.41) is 3.46. The molecule has 78 valence electrons. The van der Waals surface area contributed by atoms with Crippen LogP contribution in [0.15, 0.2) is 0 Å². The first-order valence-corrected chi connectivity index (χ1v) is 5.01. The first-order valence-electron chi connectivity index (χ1n) is 5.01. The van der Waals surface area contributed by atoms with E-state index < -0.39 is 0 Å². The Balaban J connectivity index is 2.42. The zero-order valence-corrected chi connectivity index (χ0v) is 9.26. The van der Waals surface area contributed by atoms with Crippen LogP contribution >= 0.6 is 0 Å². The molecule has 1 rings (SSSR count). The average Bonchev–Trinajstić information content (AvgIpc) is 2.04. The third-order valence-corrected chi connectivity index (χ3v) is 2.57. The van der Waals surface area contributed by atoms with Crippen LogP contribution in [0, 0.1) is 0 Å². The number of piperazine rings is 1. The molecule has 1 N–H and O–H groups in total. The number of rotatable bonds is 2. The molecule has 0 radical (unpaired) electrons. The van der Waals surface area contributed by atoms with Gasteiger partial charge in [-0.25, -0.2) is 0 Å². The molecule has 0 aromatic heterocycles. The Labute approximate surface area is 81.4 Å². The van der Waals surface area contributed by atoms with Crippen molar-refractivity contribution in [2.24, 2.45) is 0 Å². The maximum Gasteiger partial charge on any atom is 0.0628 e. The number of methoxy groups -OCH3 is 1. The molecule has 1 atom stereocenters. The topological polar surface area (TPSA) is 24.5 Å². The fourth-order valence-electron chi connectivity index (χ4n) is 1.75. The van der Waals surface area contributed by atoms with Crippen LogP contribution < -0.4 is 5.32 Å². The second-order valence-electron chi connectivity index (χ2n) is 4.72. The van der Waals surface area contributed by atoms with Gasteiger partial charge in [0.25, 0.3) is 0 Å². The van der Waals surface area contributed by atoms with Crippen LogP contribution in [-0.4, -0.2) is 49.8 Å². The fraction of sp³-hybridized carbons (Fsp3) is 1.00. The van der Waals surface area contributed by atoms with E-state index in [1.54, 1.807) is 7.11 Å². The van der Waals surface area contributed by atoms with Crippen molar-refractivity contribution in [3.8, 4) is 0 Å². The van der Waals surface area contributed by atoms with Gasteiger partial charge in [-0.3, -0.25) is 4.90 Å². The van der Waals surface area contributed by atoms with Crippen LogP contribution in [0.1, 0.15) is 20.8 Å². The van der Waals surface area contributed by atoms with Gasteiger partial charge in [-0.1, -0.05) is 0 Å². The van der Waals surface area contributed by atoms with Gasteiger partial charge in [0.05, 0.1) is 6.61 Å². The van der Waals surface area contributed by atoms with Crippen LogP contribution in [0.3, 0.4) is 0 Å². The van der Waals surface area contributed by atoms with E-state index >= 15 is 0 Å². The molecule has 0 spiro atoms. The van der Waals surface area contributed by atoms with E-state index in [1.165, 1.54) is 0 Å². The minimum absolute atomic E-state index is 0.286. The molecule has 0 unspecified atom stereocenters. The van der Waals surface area contributed by atoms with Gasteiger partial charge in [0, 0.05) is 38.3 Å². The van der Waals surface area contributed by atoms with Gasteiger partial charge in [0.15, 0.2) is 0 Å². The highest BCUT2D eigenvalue weighted by atomic mass is 16.5. The van der Waals surface area contributed by atoms with Crippen LogP contribution in [-0.2, 0) is 4.74 Å². The highest BCUT2D eigenvalue weighted by molar-refractivity contribution is 4.85. The highest BCUT2D eigenvalue weighted by Gasteiger charge is 2.27. The van der Waals surface area contributed by atoms with E-state index in [9.17, 15) is 0 Å². The van der Waals surface area contributed by atoms with Crippen LogP contribution in [0.2, 0.25) is 0 Å². The van der Waals surface area contributed by atoms with Crippen LogP contribution in [0.5, 0.6) is 0 Å². The second-order valence-corrected chi connectivity index (χ2v) is 4.72. The molecule has 0 aromatic rings. The van der Waals surface area contributed by atoms with Crippen molar-refractivity contribution in [2.75, 3.05) is 33.4 Å². The molecule has 1 fully saturated rings. The molecule has 1 aliphatic rings. The number of nitrogens with zero attached hydrogens (tertiary/aromatic N) is 1. The molecular weight excluding hydrogens is 164 g/mol. The first-order chi connectivity index (χ1) is 6.04. The summed E-state index contributed by atoms with van der Waals surface area (Å²) >= 11 is 0. The van der Waals surface area contributed by atoms with Crippen molar-refractivity contribution in [3.05, 3.63) is 0 Å². The molecule has 0 aliphatic carbocycles. The largest absolute Gasteiger partial charge is 0.383 e. The van der Waals surface area contributed by atoms with Gasteiger partial charge < -0.3 is 10.1 Å². The highest BCUT2D eigenvalue weighted by Crippen LogP contribution is 2.15. The molecule has 3 nitrogen and oxygen atoms in total. The Morgan fingerprint density at radius 1 is 1.46 bits per heavy atom. The van der Waals surface area contributed by atoms with E-state index in [0.29, 0.717) is 6.04 Å². The van der Waals surface area contributed by atoms with Crippen LogP contribution in [0.4, 0.5) is 0 Å². The zero-order valence-electron chi connectivity index (χ0n) is 9.26. The normalized spacial score (nSPS) is 26.3. The van der Waals surface area contributed by atoms with Crippen molar-refractivity contribution in [3.63, 3.8) is 0 Å². The minimum Gasteiger partial charge on any atom is -0.383 e. The lowest BCUT2D eigenvalue weighted by Gasteiger charge is -2.41. The molecule has 13 heavy (non-hydrogen) atoms. The third kappa shape index (κ3) is 3.25. The van der Waals surface area contributed by atoms with Gasteiger partial charge in [-0.05, 0) is 20.8 Å². The van der Waals surface area contributed by atoms with E-state index in [-0.39, 0.29) is 5.54 Å². The molecule has 3 heteroatoms. The Bertz CT molecular complexity index is 151. The smallest absolute Gasteiger partial charge is 0.0628 e. The van der Waals surface area contributed by atoms with Crippen molar-refractivity contribution in [1.82, 2.24) is 10.2 Å². The summed E-state index contributed by atoms with van der Waals surface area (Å²) in [6.07, 6.45) is 0. The molecule has 1 aliphatic heterocycles. The molecule has 0 saturated carbocycles. The van der Waals surface area contributed by atoms with E-state index in [2.05, 4.69) is 31.0 Å². The van der Waals surface area contributed by atoms with E-state index in [1.807, 2.05) is 0 Å². The number of ether oxygens (including phenoxy) is 1. The molecule has 0 amide bonds. The summed E-state index contributed by atoms with van der Waals surface area (Å²) in [5.41, 5.74) is 0.286. The summed E-state index contributed by atoms with van der Waals surface area (Å²) in [6, 6.07) is 0.498. The molecule has 0 aromatic carbocycles. The van der Waals surface area contributed by atoms with Gasteiger partial charge in [0.1, 0.15) is 0 Å². The van der Waals surface area contributed by atoms with Crippen molar-refractivity contribution >= 4 is 0 Å². The van der Waals surface area contributed by atoms with Gasteiger partial charge in [-0.15, -0.1) is 0 Å². The molecule has 1 heterocycles. The lowest BCUT2D eigenvalue weighted by molar-refractivity contribution is 0.0643. The zero-order chi connectivity index (χ0) is 9.90. The van der Waals surface area contributed by atoms with E-state index in [4.69, 9.17) is 4.74 Å². The monoisotopic (exact) mass is 186 g/mol. The number of hydrogen-bond donors (Lipinski definition) is 1. The Morgan fingerprint density at radius 3 is 2.69 bits per heavy atom. The molecular formula is C10H22N2O. The van der Waals surface area contributed by atoms with Crippen LogP contribution in [0.25, 0.3) is 0 Å². The van der Waals surface area contributed by atoms with Crippen molar-refractivity contribution in [1.29, 1.82) is 0 Å². The summed E-state index contributed by atoms with van der Waals surface area (Å²) in [7, 11) is 1.76. The summed E-state index contributed by atoms with van der Waals surface area (Å²) in [6.45, 7) is 10.9. The predicted octanol–water partition coefficient (Wildman–Crippen LogP) is 0.705. The predicted molar refractivity (Wildman–Crippen MR) is 55.0 cm³/mol. The van der Waals surface area contributed by atoms with Crippen molar-refractivity contribution in [2.45, 2.75) is 32.4 Å². The number of hydrogen-bond acceptors (Lipinski definition) is 3. The minimum atomic E-state index is 0.286. The maximum absolute atomic E-state index is 5.15. The lowest BCUT2D eigenvalue weighted by atomic mass is 10.0. The van der Waals surface area contributed by atoms with E-state index in [0.717, 1.165) is 26.2 Å². The fourth-order valence-corrected chi connectivity index (χ4v) is 1.75. The first kappa shape index (κ1) is 11.0. The standard InChI is InChI=1S/C10H22N2O/c1-10(2,3)12-6-5-11-9(7-12)8-13-4/h9,11H,5-8H2,1-4H3/t9-/m0/s1. The van der Waals surface area contributed by atoms with Crippen molar-refractivity contribution < 1.29 is 4.74 Å². The van der Waals surface area contributed by atoms with Gasteiger partial charge in [-0.2, -0.15) is 0 Å². The summed E-state index contributed by atoms with van der Waals surface area (Å²) in [4.78, 5) is 2.51. The molecule has 1 saturated heterocycles. The molecule has 0 bridgehead atoms. The Morgan fingerprint density at radius 2 is 2.15 bits per heavy atom. The van der Waals surface area contributed by atoms with Gasteiger partial charge >= 0.3 is 0 Å². The Hall–Kier alpha value is -0.120. The summed E-state index contributed by atoms with van der Waals surface area (Å²) in [5.74, 6) is 0.